The minimum atomic E-state index is -0.865. The van der Waals surface area contributed by atoms with Crippen molar-refractivity contribution in [2.75, 3.05) is 0 Å². The zero-order valence-corrected chi connectivity index (χ0v) is 8.71. The number of fused-ring (bicyclic) bond motifs is 1. The van der Waals surface area contributed by atoms with E-state index in [0.29, 0.717) is 5.69 Å². The van der Waals surface area contributed by atoms with Crippen LogP contribution in [0.1, 0.15) is 5.69 Å². The summed E-state index contributed by atoms with van der Waals surface area (Å²) in [5.74, 6) is -0.865. The predicted octanol–water partition coefficient (Wildman–Crippen LogP) is 1.95. The average molecular weight is 255 g/mol. The molecule has 0 saturated heterocycles. The van der Waals surface area contributed by atoms with E-state index < -0.39 is 5.97 Å². The molecule has 1 heterocycles. The van der Waals surface area contributed by atoms with Gasteiger partial charge in [-0.3, -0.25) is 9.89 Å². The molecule has 2 rings (SSSR count). The van der Waals surface area contributed by atoms with Gasteiger partial charge in [0.15, 0.2) is 0 Å². The van der Waals surface area contributed by atoms with Crippen LogP contribution in [0.15, 0.2) is 22.7 Å². The van der Waals surface area contributed by atoms with Gasteiger partial charge in [0.05, 0.1) is 17.6 Å². The molecule has 0 radical (unpaired) electrons. The SMILES string of the molecule is O=C(O)Cc1[nH]nc2ccc(Br)cc12. The van der Waals surface area contributed by atoms with Crippen molar-refractivity contribution in [3.8, 4) is 0 Å². The first kappa shape index (κ1) is 9.21. The summed E-state index contributed by atoms with van der Waals surface area (Å²) in [5.41, 5.74) is 1.42. The Balaban J connectivity index is 2.55. The summed E-state index contributed by atoms with van der Waals surface area (Å²) in [6.45, 7) is 0. The van der Waals surface area contributed by atoms with Crippen molar-refractivity contribution in [2.24, 2.45) is 0 Å². The molecule has 0 aliphatic carbocycles. The normalized spacial score (nSPS) is 10.6. The molecule has 0 bridgehead atoms. The zero-order chi connectivity index (χ0) is 10.1. The highest BCUT2D eigenvalue weighted by atomic mass is 79.9. The van der Waals surface area contributed by atoms with Crippen LogP contribution in [0, 0.1) is 0 Å². The highest BCUT2D eigenvalue weighted by Gasteiger charge is 2.08. The van der Waals surface area contributed by atoms with Gasteiger partial charge in [0, 0.05) is 9.86 Å². The first-order valence-electron chi connectivity index (χ1n) is 4.01. The van der Waals surface area contributed by atoms with E-state index in [1.807, 2.05) is 18.2 Å². The Labute approximate surface area is 88.1 Å². The van der Waals surface area contributed by atoms with Gasteiger partial charge in [-0.05, 0) is 18.2 Å². The summed E-state index contributed by atoms with van der Waals surface area (Å²) in [6.07, 6.45) is -0.0348. The molecule has 0 fully saturated rings. The van der Waals surface area contributed by atoms with Crippen LogP contribution in [-0.2, 0) is 11.2 Å². The van der Waals surface area contributed by atoms with E-state index in [9.17, 15) is 4.79 Å². The van der Waals surface area contributed by atoms with Crippen LogP contribution in [0.2, 0.25) is 0 Å². The van der Waals surface area contributed by atoms with Gasteiger partial charge in [0.2, 0.25) is 0 Å². The zero-order valence-electron chi connectivity index (χ0n) is 7.12. The second-order valence-corrected chi connectivity index (χ2v) is 3.85. The highest BCUT2D eigenvalue weighted by molar-refractivity contribution is 9.10. The van der Waals surface area contributed by atoms with Crippen LogP contribution in [0.5, 0.6) is 0 Å². The molecular formula is C9H7BrN2O2. The quantitative estimate of drug-likeness (QED) is 0.861. The van der Waals surface area contributed by atoms with Crippen molar-refractivity contribution in [3.63, 3.8) is 0 Å². The maximum absolute atomic E-state index is 10.5. The van der Waals surface area contributed by atoms with Crippen LogP contribution < -0.4 is 0 Å². The number of aliphatic carboxylic acids is 1. The second-order valence-electron chi connectivity index (χ2n) is 2.93. The predicted molar refractivity (Wildman–Crippen MR) is 55.1 cm³/mol. The number of benzene rings is 1. The van der Waals surface area contributed by atoms with Crippen molar-refractivity contribution in [1.82, 2.24) is 10.2 Å². The lowest BCUT2D eigenvalue weighted by Gasteiger charge is -1.93. The molecule has 1 aromatic heterocycles. The number of hydrogen-bond acceptors (Lipinski definition) is 2. The Morgan fingerprint density at radius 1 is 1.57 bits per heavy atom. The number of aromatic amines is 1. The highest BCUT2D eigenvalue weighted by Crippen LogP contribution is 2.21. The van der Waals surface area contributed by atoms with Crippen molar-refractivity contribution in [2.45, 2.75) is 6.42 Å². The lowest BCUT2D eigenvalue weighted by atomic mass is 10.2. The summed E-state index contributed by atoms with van der Waals surface area (Å²) in [6, 6.07) is 5.56. The van der Waals surface area contributed by atoms with Crippen molar-refractivity contribution >= 4 is 32.8 Å². The van der Waals surface area contributed by atoms with Crippen LogP contribution in [0.3, 0.4) is 0 Å². The van der Waals surface area contributed by atoms with Gasteiger partial charge in [-0.2, -0.15) is 5.10 Å². The Bertz CT molecular complexity index is 493. The molecule has 0 amide bonds. The monoisotopic (exact) mass is 254 g/mol. The van der Waals surface area contributed by atoms with Crippen molar-refractivity contribution < 1.29 is 9.90 Å². The summed E-state index contributed by atoms with van der Waals surface area (Å²) in [7, 11) is 0. The summed E-state index contributed by atoms with van der Waals surface area (Å²) >= 11 is 3.33. The van der Waals surface area contributed by atoms with Gasteiger partial charge in [-0.1, -0.05) is 15.9 Å². The topological polar surface area (TPSA) is 66.0 Å². The minimum absolute atomic E-state index is 0.0348. The summed E-state index contributed by atoms with van der Waals surface area (Å²) < 4.78 is 0.915. The first-order chi connectivity index (χ1) is 6.66. The molecule has 5 heteroatoms. The number of carbonyl (C=O) groups is 1. The number of carboxylic acids is 1. The van der Waals surface area contributed by atoms with Crippen molar-refractivity contribution in [1.29, 1.82) is 0 Å². The number of hydrogen-bond donors (Lipinski definition) is 2. The molecule has 1 aromatic carbocycles. The molecule has 0 spiro atoms. The molecule has 14 heavy (non-hydrogen) atoms. The third kappa shape index (κ3) is 1.63. The van der Waals surface area contributed by atoms with Crippen LogP contribution in [0.25, 0.3) is 10.9 Å². The number of nitrogens with one attached hydrogen (secondary N) is 1. The first-order valence-corrected chi connectivity index (χ1v) is 4.80. The maximum Gasteiger partial charge on any atom is 0.309 e. The third-order valence-electron chi connectivity index (χ3n) is 1.92. The molecule has 4 nitrogen and oxygen atoms in total. The summed E-state index contributed by atoms with van der Waals surface area (Å²) in [5, 5.41) is 16.2. The van der Waals surface area contributed by atoms with Crippen LogP contribution in [0.4, 0.5) is 0 Å². The van der Waals surface area contributed by atoms with Crippen LogP contribution >= 0.6 is 15.9 Å². The van der Waals surface area contributed by atoms with E-state index in [1.54, 1.807) is 0 Å². The number of rotatable bonds is 2. The molecule has 72 valence electrons. The van der Waals surface area contributed by atoms with Gasteiger partial charge in [-0.15, -0.1) is 0 Å². The fourth-order valence-electron chi connectivity index (χ4n) is 1.32. The second kappa shape index (κ2) is 3.42. The number of H-pyrrole nitrogens is 1. The summed E-state index contributed by atoms with van der Waals surface area (Å²) in [4.78, 5) is 10.5. The number of carboxylic acid groups (broad SMARTS) is 1. The molecule has 0 unspecified atom stereocenters. The Morgan fingerprint density at radius 2 is 2.36 bits per heavy atom. The van der Waals surface area contributed by atoms with Gasteiger partial charge < -0.3 is 5.11 Å². The molecular weight excluding hydrogens is 248 g/mol. The van der Waals surface area contributed by atoms with Gasteiger partial charge in [-0.25, -0.2) is 0 Å². The van der Waals surface area contributed by atoms with Gasteiger partial charge >= 0.3 is 5.97 Å². The molecule has 0 aliphatic rings. The van der Waals surface area contributed by atoms with E-state index in [4.69, 9.17) is 5.11 Å². The molecule has 2 aromatic rings. The Morgan fingerprint density at radius 3 is 3.07 bits per heavy atom. The fraction of sp³-hybridized carbons (Fsp3) is 0.111. The Kier molecular flexibility index (Phi) is 2.25. The number of nitrogens with zero attached hydrogens (tertiary/aromatic N) is 1. The molecule has 0 atom stereocenters. The van der Waals surface area contributed by atoms with Crippen molar-refractivity contribution in [3.05, 3.63) is 28.4 Å². The molecule has 2 N–H and O–H groups in total. The number of aromatic nitrogens is 2. The standard InChI is InChI=1S/C9H7BrN2O2/c10-5-1-2-7-6(3-5)8(12-11-7)4-9(13)14/h1-3H,4H2,(H,11,12)(H,13,14). The average Bonchev–Trinajstić information content (AvgIpc) is 2.47. The van der Waals surface area contributed by atoms with Gasteiger partial charge in [0.25, 0.3) is 0 Å². The lowest BCUT2D eigenvalue weighted by Crippen LogP contribution is -2.00. The Hall–Kier alpha value is -1.36. The smallest absolute Gasteiger partial charge is 0.309 e. The lowest BCUT2D eigenvalue weighted by molar-refractivity contribution is -0.136. The third-order valence-corrected chi connectivity index (χ3v) is 2.42. The minimum Gasteiger partial charge on any atom is -0.481 e. The van der Waals surface area contributed by atoms with Crippen LogP contribution in [-0.4, -0.2) is 21.3 Å². The maximum atomic E-state index is 10.5. The van der Waals surface area contributed by atoms with E-state index in [0.717, 1.165) is 15.4 Å². The van der Waals surface area contributed by atoms with E-state index in [2.05, 4.69) is 26.1 Å². The van der Waals surface area contributed by atoms with Gasteiger partial charge in [0.1, 0.15) is 0 Å². The molecule has 0 saturated carbocycles. The number of halogens is 1. The molecule has 0 aliphatic heterocycles. The van der Waals surface area contributed by atoms with E-state index in [-0.39, 0.29) is 6.42 Å². The van der Waals surface area contributed by atoms with E-state index in [1.165, 1.54) is 0 Å². The fourth-order valence-corrected chi connectivity index (χ4v) is 1.68. The van der Waals surface area contributed by atoms with E-state index >= 15 is 0 Å². The largest absolute Gasteiger partial charge is 0.481 e.